The van der Waals surface area contributed by atoms with Crippen molar-refractivity contribution in [2.45, 2.75) is 25.0 Å². The second kappa shape index (κ2) is 8.99. The highest BCUT2D eigenvalue weighted by Gasteiger charge is 2.32. The van der Waals surface area contributed by atoms with E-state index in [0.717, 1.165) is 0 Å². The van der Waals surface area contributed by atoms with Crippen molar-refractivity contribution in [2.24, 2.45) is 7.05 Å². The molecule has 1 aromatic heterocycles. The number of carbonyl (C=O) groups is 2. The van der Waals surface area contributed by atoms with Gasteiger partial charge in [-0.15, -0.1) is 10.2 Å². The van der Waals surface area contributed by atoms with Crippen molar-refractivity contribution in [2.75, 3.05) is 22.6 Å². The van der Waals surface area contributed by atoms with Gasteiger partial charge in [0.15, 0.2) is 17.6 Å². The van der Waals surface area contributed by atoms with Gasteiger partial charge in [-0.25, -0.2) is 4.39 Å². The largest absolute Gasteiger partial charge is 0.482 e. The predicted molar refractivity (Wildman–Crippen MR) is 119 cm³/mol. The standard InChI is InChI=1S/C22H22FN5O3S/c1-13-8-9-15(10-16(13)23)24-19(29)12-32-22-26-25-21(27(22)3)14(2)28-17-6-4-5-7-18(17)31-11-20(28)30/h4-10,14H,11-12H2,1-3H3,(H,24,29)/t14-/m0/s1. The van der Waals surface area contributed by atoms with Crippen LogP contribution >= 0.6 is 11.8 Å². The Morgan fingerprint density at radius 2 is 2.06 bits per heavy atom. The molecular weight excluding hydrogens is 433 g/mol. The van der Waals surface area contributed by atoms with E-state index in [0.29, 0.717) is 33.7 Å². The number of rotatable bonds is 6. The van der Waals surface area contributed by atoms with Gasteiger partial charge in [0, 0.05) is 12.7 Å². The maximum atomic E-state index is 13.7. The van der Waals surface area contributed by atoms with Crippen molar-refractivity contribution in [3.63, 3.8) is 0 Å². The third kappa shape index (κ3) is 4.31. The molecule has 0 bridgehead atoms. The first-order valence-corrected chi connectivity index (χ1v) is 11.0. The van der Waals surface area contributed by atoms with E-state index < -0.39 is 0 Å². The van der Waals surface area contributed by atoms with Gasteiger partial charge >= 0.3 is 0 Å². The van der Waals surface area contributed by atoms with E-state index in [4.69, 9.17) is 4.74 Å². The van der Waals surface area contributed by atoms with Gasteiger partial charge in [-0.3, -0.25) is 14.5 Å². The average molecular weight is 456 g/mol. The van der Waals surface area contributed by atoms with E-state index in [2.05, 4.69) is 15.5 Å². The van der Waals surface area contributed by atoms with Crippen LogP contribution in [-0.4, -0.2) is 38.9 Å². The summed E-state index contributed by atoms with van der Waals surface area (Å²) in [5.74, 6) is 0.473. The van der Waals surface area contributed by atoms with E-state index in [-0.39, 0.29) is 36.0 Å². The molecule has 0 aliphatic carbocycles. The van der Waals surface area contributed by atoms with Crippen molar-refractivity contribution in [3.05, 3.63) is 59.7 Å². The molecule has 32 heavy (non-hydrogen) atoms. The number of para-hydroxylation sites is 2. The quantitative estimate of drug-likeness (QED) is 0.573. The lowest BCUT2D eigenvalue weighted by atomic mass is 10.1. The van der Waals surface area contributed by atoms with Gasteiger partial charge in [0.05, 0.1) is 17.5 Å². The van der Waals surface area contributed by atoms with E-state index >= 15 is 0 Å². The zero-order chi connectivity index (χ0) is 22.8. The van der Waals surface area contributed by atoms with Gasteiger partial charge in [0.1, 0.15) is 11.6 Å². The Kier molecular flexibility index (Phi) is 6.13. The third-order valence-electron chi connectivity index (χ3n) is 5.16. The maximum Gasteiger partial charge on any atom is 0.265 e. The number of halogens is 1. The molecule has 1 aliphatic rings. The van der Waals surface area contributed by atoms with Crippen LogP contribution in [0.5, 0.6) is 5.75 Å². The molecule has 2 heterocycles. The van der Waals surface area contributed by atoms with E-state index in [9.17, 15) is 14.0 Å². The molecule has 1 atom stereocenters. The molecule has 0 fully saturated rings. The number of nitrogens with one attached hydrogen (secondary N) is 1. The molecule has 166 valence electrons. The Bertz CT molecular complexity index is 1180. The number of carbonyl (C=O) groups excluding carboxylic acids is 2. The van der Waals surface area contributed by atoms with Crippen LogP contribution < -0.4 is 15.0 Å². The summed E-state index contributed by atoms with van der Waals surface area (Å²) in [6.45, 7) is 3.49. The SMILES string of the molecule is Cc1ccc(NC(=O)CSc2nnc([C@H](C)N3C(=O)COc4ccccc43)n2C)cc1F. The lowest BCUT2D eigenvalue weighted by Crippen LogP contribution is -2.41. The number of ether oxygens (including phenoxy) is 1. The number of hydrogen-bond donors (Lipinski definition) is 1. The van der Waals surface area contributed by atoms with Crippen molar-refractivity contribution < 1.29 is 18.7 Å². The summed E-state index contributed by atoms with van der Waals surface area (Å²) in [5.41, 5.74) is 1.59. The fourth-order valence-electron chi connectivity index (χ4n) is 3.48. The summed E-state index contributed by atoms with van der Waals surface area (Å²) in [4.78, 5) is 26.5. The van der Waals surface area contributed by atoms with Crippen LogP contribution in [0.1, 0.15) is 24.4 Å². The number of hydrogen-bond acceptors (Lipinski definition) is 6. The Balaban J connectivity index is 1.45. The molecule has 2 amide bonds. The van der Waals surface area contributed by atoms with Gasteiger partial charge in [0.25, 0.3) is 5.91 Å². The van der Waals surface area contributed by atoms with E-state index in [1.165, 1.54) is 17.8 Å². The number of nitrogens with zero attached hydrogens (tertiary/aromatic N) is 4. The molecule has 8 nitrogen and oxygen atoms in total. The second-order valence-corrected chi connectivity index (χ2v) is 8.34. The molecule has 1 N–H and O–H groups in total. The number of aromatic nitrogens is 3. The first kappa shape index (κ1) is 21.8. The monoisotopic (exact) mass is 455 g/mol. The molecule has 0 saturated carbocycles. The highest BCUT2D eigenvalue weighted by Crippen LogP contribution is 2.37. The fourth-order valence-corrected chi connectivity index (χ4v) is 4.19. The van der Waals surface area contributed by atoms with Gasteiger partial charge in [-0.1, -0.05) is 30.0 Å². The molecule has 0 unspecified atom stereocenters. The molecule has 4 rings (SSSR count). The highest BCUT2D eigenvalue weighted by molar-refractivity contribution is 7.99. The topological polar surface area (TPSA) is 89.3 Å². The summed E-state index contributed by atoms with van der Waals surface area (Å²) < 4.78 is 20.9. The minimum Gasteiger partial charge on any atom is -0.482 e. The van der Waals surface area contributed by atoms with Crippen LogP contribution in [0.15, 0.2) is 47.6 Å². The third-order valence-corrected chi connectivity index (χ3v) is 6.18. The van der Waals surface area contributed by atoms with Gasteiger partial charge in [-0.05, 0) is 43.7 Å². The van der Waals surface area contributed by atoms with Crippen molar-refractivity contribution >= 4 is 35.0 Å². The first-order chi connectivity index (χ1) is 15.3. The number of aryl methyl sites for hydroxylation is 1. The average Bonchev–Trinajstić information content (AvgIpc) is 3.14. The van der Waals surface area contributed by atoms with Crippen molar-refractivity contribution in [1.82, 2.24) is 14.8 Å². The summed E-state index contributed by atoms with van der Waals surface area (Å²) >= 11 is 1.21. The second-order valence-electron chi connectivity index (χ2n) is 7.40. The van der Waals surface area contributed by atoms with Crippen LogP contribution in [0.3, 0.4) is 0 Å². The van der Waals surface area contributed by atoms with Gasteiger partial charge < -0.3 is 14.6 Å². The van der Waals surface area contributed by atoms with Crippen molar-refractivity contribution in [3.8, 4) is 5.75 Å². The molecular formula is C22H22FN5O3S. The number of fused-ring (bicyclic) bond motifs is 1. The number of amides is 2. The minimum atomic E-state index is -0.385. The smallest absolute Gasteiger partial charge is 0.265 e. The van der Waals surface area contributed by atoms with E-state index in [1.54, 1.807) is 35.6 Å². The summed E-state index contributed by atoms with van der Waals surface area (Å²) in [6.07, 6.45) is 0. The van der Waals surface area contributed by atoms with Crippen LogP contribution in [0.25, 0.3) is 0 Å². The summed E-state index contributed by atoms with van der Waals surface area (Å²) in [6, 6.07) is 11.5. The normalized spacial score (nSPS) is 14.0. The van der Waals surface area contributed by atoms with Gasteiger partial charge in [-0.2, -0.15) is 0 Å². The Morgan fingerprint density at radius 1 is 1.28 bits per heavy atom. The van der Waals surface area contributed by atoms with Gasteiger partial charge in [0.2, 0.25) is 5.91 Å². The molecule has 0 radical (unpaired) electrons. The zero-order valence-electron chi connectivity index (χ0n) is 17.8. The Morgan fingerprint density at radius 3 is 2.84 bits per heavy atom. The maximum absolute atomic E-state index is 13.7. The Labute approximate surface area is 188 Å². The van der Waals surface area contributed by atoms with Crippen LogP contribution in [0, 0.1) is 12.7 Å². The predicted octanol–water partition coefficient (Wildman–Crippen LogP) is 3.48. The lowest BCUT2D eigenvalue weighted by molar-refractivity contribution is -0.121. The highest BCUT2D eigenvalue weighted by atomic mass is 32.2. The summed E-state index contributed by atoms with van der Waals surface area (Å²) in [5, 5.41) is 11.6. The van der Waals surface area contributed by atoms with E-state index in [1.807, 2.05) is 31.2 Å². The molecule has 1 aliphatic heterocycles. The zero-order valence-corrected chi connectivity index (χ0v) is 18.6. The fraction of sp³-hybridized carbons (Fsp3) is 0.273. The first-order valence-electron chi connectivity index (χ1n) is 9.97. The van der Waals surface area contributed by atoms with Crippen molar-refractivity contribution in [1.29, 1.82) is 0 Å². The van der Waals surface area contributed by atoms with Crippen LogP contribution in [0.4, 0.5) is 15.8 Å². The van der Waals surface area contributed by atoms with Crippen LogP contribution in [-0.2, 0) is 16.6 Å². The molecule has 10 heteroatoms. The number of thioether (sulfide) groups is 1. The molecule has 0 spiro atoms. The minimum absolute atomic E-state index is 0.0411. The molecule has 0 saturated heterocycles. The summed E-state index contributed by atoms with van der Waals surface area (Å²) in [7, 11) is 1.79. The number of anilines is 2. The lowest BCUT2D eigenvalue weighted by Gasteiger charge is -2.33. The number of benzene rings is 2. The molecule has 2 aromatic carbocycles. The Hall–Kier alpha value is -3.40. The molecule has 3 aromatic rings. The van der Waals surface area contributed by atoms with Crippen LogP contribution in [0.2, 0.25) is 0 Å².